The smallest absolute Gasteiger partial charge is 0.240 e. The highest BCUT2D eigenvalue weighted by Gasteiger charge is 2.56. The van der Waals surface area contributed by atoms with Crippen LogP contribution in [0.15, 0.2) is 42.5 Å². The molecular weight excluding hydrogens is 340 g/mol. The van der Waals surface area contributed by atoms with E-state index in [9.17, 15) is 9.59 Å². The third-order valence-electron chi connectivity index (χ3n) is 4.93. The van der Waals surface area contributed by atoms with E-state index in [4.69, 9.17) is 4.74 Å². The first-order valence-corrected chi connectivity index (χ1v) is 9.24. The minimum absolute atomic E-state index is 0.188. The summed E-state index contributed by atoms with van der Waals surface area (Å²) in [6, 6.07) is 13.6. The Labute approximate surface area is 160 Å². The number of carbonyl (C=O) groups is 2. The highest BCUT2D eigenvalue weighted by molar-refractivity contribution is 6.13. The normalized spacial score (nSPS) is 14.3. The van der Waals surface area contributed by atoms with Crippen LogP contribution in [0.5, 0.6) is 5.75 Å². The Bertz CT molecular complexity index is 836. The molecule has 5 nitrogen and oxygen atoms in total. The molecule has 0 heterocycles. The lowest BCUT2D eigenvalue weighted by Gasteiger charge is -2.16. The van der Waals surface area contributed by atoms with Crippen molar-refractivity contribution in [2.45, 2.75) is 33.1 Å². The van der Waals surface area contributed by atoms with Crippen molar-refractivity contribution in [2.24, 2.45) is 5.41 Å². The number of nitrogens with one attached hydrogen (secondary N) is 2. The fourth-order valence-electron chi connectivity index (χ4n) is 3.30. The summed E-state index contributed by atoms with van der Waals surface area (Å²) in [5.41, 5.74) is 3.06. The van der Waals surface area contributed by atoms with Crippen LogP contribution in [0.25, 0.3) is 0 Å². The molecule has 2 amide bonds. The molecule has 0 atom stereocenters. The number of amides is 2. The van der Waals surface area contributed by atoms with Crippen LogP contribution in [0, 0.1) is 19.3 Å². The predicted molar refractivity (Wildman–Crippen MR) is 106 cm³/mol. The molecule has 0 saturated heterocycles. The van der Waals surface area contributed by atoms with Gasteiger partial charge in [-0.05, 0) is 74.1 Å². The van der Waals surface area contributed by atoms with Gasteiger partial charge in [0.15, 0.2) is 0 Å². The molecule has 0 unspecified atom stereocenters. The molecule has 1 saturated carbocycles. The summed E-state index contributed by atoms with van der Waals surface area (Å²) in [5.74, 6) is 0.393. The van der Waals surface area contributed by atoms with Crippen LogP contribution in [0.1, 0.15) is 29.5 Å². The van der Waals surface area contributed by atoms with Crippen LogP contribution < -0.4 is 15.4 Å². The number of carbonyl (C=O) groups excluding carboxylic acids is 2. The molecule has 5 heteroatoms. The summed E-state index contributed by atoms with van der Waals surface area (Å²) in [5, 5.41) is 5.83. The van der Waals surface area contributed by atoms with Crippen molar-refractivity contribution in [1.29, 1.82) is 0 Å². The molecule has 142 valence electrons. The van der Waals surface area contributed by atoms with E-state index in [1.807, 2.05) is 56.3 Å². The third-order valence-corrected chi connectivity index (χ3v) is 4.93. The van der Waals surface area contributed by atoms with Gasteiger partial charge in [0, 0.05) is 12.2 Å². The number of rotatable bonds is 7. The van der Waals surface area contributed by atoms with Crippen LogP contribution in [0.2, 0.25) is 0 Å². The number of benzene rings is 2. The fraction of sp³-hybridized carbons (Fsp3) is 0.364. The minimum Gasteiger partial charge on any atom is -0.497 e. The highest BCUT2D eigenvalue weighted by Crippen LogP contribution is 2.46. The SMILES string of the molecule is COc1cccc(CCNC(=O)C2(C(=O)Nc3cc(C)cc(C)c3)CC2)c1. The first-order chi connectivity index (χ1) is 12.9. The average Bonchev–Trinajstić information content (AvgIpc) is 3.43. The molecule has 0 radical (unpaired) electrons. The molecule has 0 spiro atoms. The van der Waals surface area contributed by atoms with E-state index in [-0.39, 0.29) is 11.8 Å². The van der Waals surface area contributed by atoms with Gasteiger partial charge < -0.3 is 15.4 Å². The molecule has 1 fully saturated rings. The van der Waals surface area contributed by atoms with Crippen LogP contribution >= 0.6 is 0 Å². The number of hydrogen-bond acceptors (Lipinski definition) is 3. The number of hydrogen-bond donors (Lipinski definition) is 2. The topological polar surface area (TPSA) is 67.4 Å². The summed E-state index contributed by atoms with van der Waals surface area (Å²) in [6.07, 6.45) is 1.88. The molecule has 0 aliphatic heterocycles. The van der Waals surface area contributed by atoms with Crippen molar-refractivity contribution in [2.75, 3.05) is 19.0 Å². The lowest BCUT2D eigenvalue weighted by atomic mass is 10.0. The van der Waals surface area contributed by atoms with Crippen LogP contribution in [-0.4, -0.2) is 25.5 Å². The maximum atomic E-state index is 12.7. The van der Waals surface area contributed by atoms with Gasteiger partial charge in [-0.2, -0.15) is 0 Å². The van der Waals surface area contributed by atoms with Gasteiger partial charge in [-0.25, -0.2) is 0 Å². The van der Waals surface area contributed by atoms with Crippen molar-refractivity contribution >= 4 is 17.5 Å². The van der Waals surface area contributed by atoms with E-state index >= 15 is 0 Å². The zero-order chi connectivity index (χ0) is 19.4. The molecule has 3 rings (SSSR count). The number of anilines is 1. The van der Waals surface area contributed by atoms with Gasteiger partial charge in [-0.15, -0.1) is 0 Å². The maximum Gasteiger partial charge on any atom is 0.240 e. The van der Waals surface area contributed by atoms with E-state index in [0.717, 1.165) is 28.1 Å². The molecular formula is C22H26N2O3. The first kappa shape index (κ1) is 19.0. The van der Waals surface area contributed by atoms with Crippen molar-refractivity contribution in [3.63, 3.8) is 0 Å². The summed E-state index contributed by atoms with van der Waals surface area (Å²) >= 11 is 0. The lowest BCUT2D eigenvalue weighted by molar-refractivity contribution is -0.134. The molecule has 2 aromatic rings. The van der Waals surface area contributed by atoms with Crippen LogP contribution in [0.4, 0.5) is 5.69 Å². The van der Waals surface area contributed by atoms with Gasteiger partial charge in [0.1, 0.15) is 11.2 Å². The second-order valence-corrected chi connectivity index (χ2v) is 7.27. The zero-order valence-electron chi connectivity index (χ0n) is 16.1. The molecule has 0 bridgehead atoms. The summed E-state index contributed by atoms with van der Waals surface area (Å²) in [7, 11) is 1.63. The molecule has 2 aromatic carbocycles. The molecule has 2 N–H and O–H groups in total. The molecule has 27 heavy (non-hydrogen) atoms. The Kier molecular flexibility index (Phi) is 5.49. The Hall–Kier alpha value is -2.82. The van der Waals surface area contributed by atoms with Gasteiger partial charge in [0.25, 0.3) is 0 Å². The standard InChI is InChI=1S/C22H26N2O3/c1-15-11-16(2)13-18(12-15)24-21(26)22(8-9-22)20(25)23-10-7-17-5-4-6-19(14-17)27-3/h4-6,11-14H,7-10H2,1-3H3,(H,23,25)(H,24,26). The van der Waals surface area contributed by atoms with Crippen molar-refractivity contribution in [1.82, 2.24) is 5.32 Å². The Morgan fingerprint density at radius 3 is 2.37 bits per heavy atom. The van der Waals surface area contributed by atoms with Gasteiger partial charge in [-0.1, -0.05) is 18.2 Å². The predicted octanol–water partition coefficient (Wildman–Crippen LogP) is 3.39. The third kappa shape index (κ3) is 4.48. The Morgan fingerprint density at radius 2 is 1.74 bits per heavy atom. The summed E-state index contributed by atoms with van der Waals surface area (Å²) < 4.78 is 5.21. The van der Waals surface area contributed by atoms with Gasteiger partial charge in [-0.3, -0.25) is 9.59 Å². The zero-order valence-corrected chi connectivity index (χ0v) is 16.1. The largest absolute Gasteiger partial charge is 0.497 e. The van der Waals surface area contributed by atoms with E-state index in [1.165, 1.54) is 0 Å². The van der Waals surface area contributed by atoms with Crippen molar-refractivity contribution < 1.29 is 14.3 Å². The van der Waals surface area contributed by atoms with Gasteiger partial charge >= 0.3 is 0 Å². The van der Waals surface area contributed by atoms with Crippen molar-refractivity contribution in [3.8, 4) is 5.75 Å². The lowest BCUT2D eigenvalue weighted by Crippen LogP contribution is -2.40. The number of aryl methyl sites for hydroxylation is 2. The highest BCUT2D eigenvalue weighted by atomic mass is 16.5. The monoisotopic (exact) mass is 366 g/mol. The van der Waals surface area contributed by atoms with E-state index in [2.05, 4.69) is 10.6 Å². The molecule has 0 aromatic heterocycles. The fourth-order valence-corrected chi connectivity index (χ4v) is 3.30. The number of methoxy groups -OCH3 is 1. The van der Waals surface area contributed by atoms with Crippen LogP contribution in [0.3, 0.4) is 0 Å². The summed E-state index contributed by atoms with van der Waals surface area (Å²) in [4.78, 5) is 25.3. The quantitative estimate of drug-likeness (QED) is 0.738. The second-order valence-electron chi connectivity index (χ2n) is 7.27. The Balaban J connectivity index is 1.56. The van der Waals surface area contributed by atoms with E-state index in [1.54, 1.807) is 7.11 Å². The minimum atomic E-state index is -0.925. The first-order valence-electron chi connectivity index (χ1n) is 9.24. The van der Waals surface area contributed by atoms with Gasteiger partial charge in [0.05, 0.1) is 7.11 Å². The second kappa shape index (κ2) is 7.82. The van der Waals surface area contributed by atoms with Crippen molar-refractivity contribution in [3.05, 3.63) is 59.2 Å². The average molecular weight is 366 g/mol. The Morgan fingerprint density at radius 1 is 1.04 bits per heavy atom. The number of ether oxygens (including phenoxy) is 1. The van der Waals surface area contributed by atoms with E-state index < -0.39 is 5.41 Å². The van der Waals surface area contributed by atoms with Crippen LogP contribution in [-0.2, 0) is 16.0 Å². The van der Waals surface area contributed by atoms with Gasteiger partial charge in [0.2, 0.25) is 11.8 Å². The summed E-state index contributed by atoms with van der Waals surface area (Å²) in [6.45, 7) is 4.46. The molecule has 1 aliphatic carbocycles. The maximum absolute atomic E-state index is 12.7. The van der Waals surface area contributed by atoms with E-state index in [0.29, 0.717) is 25.8 Å². The molecule has 1 aliphatic rings.